The first-order valence-electron chi connectivity index (χ1n) is 8.14. The maximum Gasteiger partial charge on any atom is 0.0919 e. The molecule has 1 aromatic carbocycles. The molecule has 0 amide bonds. The van der Waals surface area contributed by atoms with Crippen LogP contribution in [-0.4, -0.2) is 29.1 Å². The summed E-state index contributed by atoms with van der Waals surface area (Å²) < 4.78 is 0. The van der Waals surface area contributed by atoms with Gasteiger partial charge < -0.3 is 5.11 Å². The van der Waals surface area contributed by atoms with Crippen LogP contribution in [-0.2, 0) is 0 Å². The monoisotopic (exact) mass is 273 g/mol. The van der Waals surface area contributed by atoms with E-state index < -0.39 is 0 Å². The third-order valence-electron chi connectivity index (χ3n) is 5.32. The number of aryl methyl sites for hydroxylation is 2. The fourth-order valence-electron chi connectivity index (χ4n) is 4.25. The number of aliphatic hydroxyl groups excluding tert-OH is 1. The minimum Gasteiger partial charge on any atom is -0.387 e. The van der Waals surface area contributed by atoms with Crippen LogP contribution in [0.1, 0.15) is 54.9 Å². The van der Waals surface area contributed by atoms with E-state index in [9.17, 15) is 5.11 Å². The Balaban J connectivity index is 1.68. The molecule has 1 heterocycles. The van der Waals surface area contributed by atoms with Crippen LogP contribution < -0.4 is 0 Å². The molecule has 1 aromatic rings. The highest BCUT2D eigenvalue weighted by Gasteiger charge is 2.36. The SMILES string of the molecule is Cc1ccc(C(O)CN2CCC3CCCCC32)c(C)c1. The van der Waals surface area contributed by atoms with Crippen LogP contribution in [0.3, 0.4) is 0 Å². The van der Waals surface area contributed by atoms with Crippen molar-refractivity contribution in [3.63, 3.8) is 0 Å². The molecule has 2 nitrogen and oxygen atoms in total. The van der Waals surface area contributed by atoms with Crippen LogP contribution in [0, 0.1) is 19.8 Å². The van der Waals surface area contributed by atoms with Crippen LogP contribution in [0.25, 0.3) is 0 Å². The number of benzene rings is 1. The van der Waals surface area contributed by atoms with Gasteiger partial charge in [0, 0.05) is 12.6 Å². The number of likely N-dealkylation sites (tertiary alicyclic amines) is 1. The molecule has 0 spiro atoms. The van der Waals surface area contributed by atoms with Gasteiger partial charge in [-0.2, -0.15) is 0 Å². The van der Waals surface area contributed by atoms with Gasteiger partial charge in [-0.25, -0.2) is 0 Å². The van der Waals surface area contributed by atoms with Gasteiger partial charge in [0.2, 0.25) is 0 Å². The molecule has 0 bridgehead atoms. The molecule has 0 radical (unpaired) electrons. The Morgan fingerprint density at radius 3 is 2.80 bits per heavy atom. The molecular weight excluding hydrogens is 246 g/mol. The van der Waals surface area contributed by atoms with Crippen molar-refractivity contribution in [1.29, 1.82) is 0 Å². The summed E-state index contributed by atoms with van der Waals surface area (Å²) in [6.45, 7) is 6.21. The smallest absolute Gasteiger partial charge is 0.0919 e. The summed E-state index contributed by atoms with van der Waals surface area (Å²) in [6.07, 6.45) is 6.53. The van der Waals surface area contributed by atoms with Crippen LogP contribution >= 0.6 is 0 Å². The Bertz CT molecular complexity index is 470. The Morgan fingerprint density at radius 1 is 1.20 bits per heavy atom. The Hall–Kier alpha value is -0.860. The highest BCUT2D eigenvalue weighted by Crippen LogP contribution is 2.37. The summed E-state index contributed by atoms with van der Waals surface area (Å²) in [6, 6.07) is 7.12. The van der Waals surface area contributed by atoms with Gasteiger partial charge >= 0.3 is 0 Å². The average Bonchev–Trinajstić information content (AvgIpc) is 2.82. The minimum atomic E-state index is -0.337. The van der Waals surface area contributed by atoms with Gasteiger partial charge in [-0.15, -0.1) is 0 Å². The second kappa shape index (κ2) is 5.87. The topological polar surface area (TPSA) is 23.5 Å². The molecule has 2 aliphatic rings. The number of fused-ring (bicyclic) bond motifs is 1. The molecular formula is C18H27NO. The van der Waals surface area contributed by atoms with Crippen molar-refractivity contribution in [2.45, 2.75) is 58.1 Å². The summed E-state index contributed by atoms with van der Waals surface area (Å²) >= 11 is 0. The van der Waals surface area contributed by atoms with E-state index in [1.807, 2.05) is 0 Å². The summed E-state index contributed by atoms with van der Waals surface area (Å²) in [7, 11) is 0. The number of β-amino-alcohol motifs (C(OH)–C–C–N with tert-alkyl or cyclic N) is 1. The lowest BCUT2D eigenvalue weighted by atomic mass is 9.85. The van der Waals surface area contributed by atoms with Gasteiger partial charge in [0.15, 0.2) is 0 Å². The summed E-state index contributed by atoms with van der Waals surface area (Å²) in [5.41, 5.74) is 3.60. The molecule has 1 aliphatic carbocycles. The van der Waals surface area contributed by atoms with Crippen molar-refractivity contribution in [3.05, 3.63) is 34.9 Å². The van der Waals surface area contributed by atoms with E-state index in [1.165, 1.54) is 49.8 Å². The van der Waals surface area contributed by atoms with E-state index in [0.717, 1.165) is 24.1 Å². The van der Waals surface area contributed by atoms with Gasteiger partial charge in [-0.05, 0) is 56.7 Å². The van der Waals surface area contributed by atoms with Gasteiger partial charge in [-0.3, -0.25) is 4.90 Å². The quantitative estimate of drug-likeness (QED) is 0.909. The predicted octanol–water partition coefficient (Wildman–Crippen LogP) is 3.60. The molecule has 2 heteroatoms. The zero-order valence-corrected chi connectivity index (χ0v) is 12.8. The molecule has 1 saturated heterocycles. The van der Waals surface area contributed by atoms with Gasteiger partial charge in [0.1, 0.15) is 0 Å². The zero-order valence-electron chi connectivity index (χ0n) is 12.8. The van der Waals surface area contributed by atoms with Crippen molar-refractivity contribution in [3.8, 4) is 0 Å². The lowest BCUT2D eigenvalue weighted by molar-refractivity contribution is 0.0889. The van der Waals surface area contributed by atoms with Crippen molar-refractivity contribution < 1.29 is 5.11 Å². The first-order valence-corrected chi connectivity index (χ1v) is 8.14. The van der Waals surface area contributed by atoms with Crippen molar-refractivity contribution in [2.75, 3.05) is 13.1 Å². The number of hydrogen-bond acceptors (Lipinski definition) is 2. The molecule has 3 atom stereocenters. The van der Waals surface area contributed by atoms with Gasteiger partial charge in [-0.1, -0.05) is 36.6 Å². The second-order valence-corrected chi connectivity index (χ2v) is 6.77. The number of nitrogens with zero attached hydrogens (tertiary/aromatic N) is 1. The maximum absolute atomic E-state index is 10.6. The lowest BCUT2D eigenvalue weighted by Gasteiger charge is -2.33. The molecule has 1 N–H and O–H groups in total. The molecule has 3 rings (SSSR count). The van der Waals surface area contributed by atoms with Crippen molar-refractivity contribution in [2.24, 2.45) is 5.92 Å². The van der Waals surface area contributed by atoms with E-state index in [1.54, 1.807) is 0 Å². The normalized spacial score (nSPS) is 28.4. The number of aliphatic hydroxyl groups is 1. The molecule has 3 unspecified atom stereocenters. The van der Waals surface area contributed by atoms with Crippen LogP contribution in [0.2, 0.25) is 0 Å². The standard InChI is InChI=1S/C18H27NO/c1-13-7-8-16(14(2)11-13)18(20)12-19-10-9-15-5-3-4-6-17(15)19/h7-8,11,15,17-18,20H,3-6,9-10,12H2,1-2H3. The zero-order chi connectivity index (χ0) is 14.1. The van der Waals surface area contributed by atoms with Crippen molar-refractivity contribution in [1.82, 2.24) is 4.90 Å². The molecule has 110 valence electrons. The second-order valence-electron chi connectivity index (χ2n) is 6.77. The Labute approximate surface area is 122 Å². The molecule has 2 fully saturated rings. The highest BCUT2D eigenvalue weighted by molar-refractivity contribution is 5.32. The van der Waals surface area contributed by atoms with Gasteiger partial charge in [0.05, 0.1) is 6.10 Å². The fraction of sp³-hybridized carbons (Fsp3) is 0.667. The van der Waals surface area contributed by atoms with E-state index in [-0.39, 0.29) is 6.10 Å². The minimum absolute atomic E-state index is 0.337. The third-order valence-corrected chi connectivity index (χ3v) is 5.32. The highest BCUT2D eigenvalue weighted by atomic mass is 16.3. The van der Waals surface area contributed by atoms with Crippen LogP contribution in [0.15, 0.2) is 18.2 Å². The third kappa shape index (κ3) is 2.77. The van der Waals surface area contributed by atoms with E-state index in [4.69, 9.17) is 0 Å². The maximum atomic E-state index is 10.6. The molecule has 1 saturated carbocycles. The lowest BCUT2D eigenvalue weighted by Crippen LogP contribution is -2.37. The predicted molar refractivity (Wildman–Crippen MR) is 82.8 cm³/mol. The molecule has 0 aromatic heterocycles. The Kier molecular flexibility index (Phi) is 4.13. The number of rotatable bonds is 3. The summed E-state index contributed by atoms with van der Waals surface area (Å²) in [5, 5.41) is 10.6. The first kappa shape index (κ1) is 14.1. The van der Waals surface area contributed by atoms with Crippen LogP contribution in [0.4, 0.5) is 0 Å². The van der Waals surface area contributed by atoms with Gasteiger partial charge in [0.25, 0.3) is 0 Å². The first-order chi connectivity index (χ1) is 9.65. The summed E-state index contributed by atoms with van der Waals surface area (Å²) in [5.74, 6) is 0.898. The summed E-state index contributed by atoms with van der Waals surface area (Å²) in [4.78, 5) is 2.55. The molecule has 1 aliphatic heterocycles. The molecule has 20 heavy (non-hydrogen) atoms. The average molecular weight is 273 g/mol. The van der Waals surface area contributed by atoms with Crippen LogP contribution in [0.5, 0.6) is 0 Å². The largest absolute Gasteiger partial charge is 0.387 e. The van der Waals surface area contributed by atoms with Crippen molar-refractivity contribution >= 4 is 0 Å². The van der Waals surface area contributed by atoms with E-state index in [2.05, 4.69) is 36.9 Å². The van der Waals surface area contributed by atoms with E-state index in [0.29, 0.717) is 0 Å². The fourth-order valence-corrected chi connectivity index (χ4v) is 4.25. The van der Waals surface area contributed by atoms with E-state index >= 15 is 0 Å². The Morgan fingerprint density at radius 2 is 2.00 bits per heavy atom. The number of hydrogen-bond donors (Lipinski definition) is 1.